The molecule has 0 bridgehead atoms. The molecule has 2 aromatic carbocycles. The molecule has 0 heterocycles. The summed E-state index contributed by atoms with van der Waals surface area (Å²) in [7, 11) is 0. The lowest BCUT2D eigenvalue weighted by atomic mass is 9.98. The zero-order chi connectivity index (χ0) is 19.8. The molecule has 6 heteroatoms. The van der Waals surface area contributed by atoms with Gasteiger partial charge in [0.25, 0.3) is 0 Å². The van der Waals surface area contributed by atoms with Crippen molar-refractivity contribution in [3.8, 4) is 11.1 Å². The Hall–Kier alpha value is -2.96. The summed E-state index contributed by atoms with van der Waals surface area (Å²) in [5, 5.41) is 8.87. The summed E-state index contributed by atoms with van der Waals surface area (Å²) in [6, 6.07) is 13.7. The second kappa shape index (κ2) is 9.66. The third-order valence-corrected chi connectivity index (χ3v) is 4.12. The topological polar surface area (TPSA) is 116 Å². The molecule has 6 nitrogen and oxygen atoms in total. The van der Waals surface area contributed by atoms with Gasteiger partial charge in [-0.05, 0) is 35.1 Å². The predicted octanol–water partition coefficient (Wildman–Crippen LogP) is 1.91. The Morgan fingerprint density at radius 3 is 1.78 bits per heavy atom. The van der Waals surface area contributed by atoms with Crippen LogP contribution < -0.4 is 11.5 Å². The smallest absolute Gasteiger partial charge is 0.323 e. The summed E-state index contributed by atoms with van der Waals surface area (Å²) in [5.41, 5.74) is 15.2. The number of carboxylic acids is 1. The Bertz CT molecular complexity index is 785. The molecule has 0 spiro atoms. The van der Waals surface area contributed by atoms with E-state index >= 15 is 0 Å². The van der Waals surface area contributed by atoms with E-state index in [4.69, 9.17) is 21.3 Å². The average molecular weight is 368 g/mol. The van der Waals surface area contributed by atoms with Crippen molar-refractivity contribution in [3.63, 3.8) is 0 Å². The molecular formula is C21H24N2O4. The quantitative estimate of drug-likeness (QED) is 0.460. The van der Waals surface area contributed by atoms with E-state index in [0.29, 0.717) is 6.42 Å². The third-order valence-electron chi connectivity index (χ3n) is 4.12. The molecular weight excluding hydrogens is 344 g/mol. The molecule has 0 radical (unpaired) electrons. The molecule has 0 aliphatic carbocycles. The number of carbonyl (C=O) groups excluding carboxylic acids is 1. The van der Waals surface area contributed by atoms with Gasteiger partial charge in [0.2, 0.25) is 0 Å². The molecule has 0 fully saturated rings. The van der Waals surface area contributed by atoms with Crippen LogP contribution in [0.3, 0.4) is 0 Å². The lowest BCUT2D eigenvalue weighted by Gasteiger charge is -2.11. The zero-order valence-corrected chi connectivity index (χ0v) is 15.0. The SMILES string of the molecule is C=CCOC(=O)[C@@H](N)Cc1ccc(-c2ccc(C[C@H](N)C(=O)O)cc2)cc1. The predicted molar refractivity (Wildman–Crippen MR) is 104 cm³/mol. The van der Waals surface area contributed by atoms with Crippen LogP contribution in [0, 0.1) is 0 Å². The molecule has 27 heavy (non-hydrogen) atoms. The maximum Gasteiger partial charge on any atom is 0.323 e. The van der Waals surface area contributed by atoms with Gasteiger partial charge in [-0.3, -0.25) is 9.59 Å². The largest absolute Gasteiger partial charge is 0.480 e. The van der Waals surface area contributed by atoms with Gasteiger partial charge >= 0.3 is 11.9 Å². The first-order valence-electron chi connectivity index (χ1n) is 8.60. The van der Waals surface area contributed by atoms with E-state index in [-0.39, 0.29) is 13.0 Å². The summed E-state index contributed by atoms with van der Waals surface area (Å²) >= 11 is 0. The van der Waals surface area contributed by atoms with Crippen molar-refractivity contribution in [2.75, 3.05) is 6.61 Å². The lowest BCUT2D eigenvalue weighted by Crippen LogP contribution is -2.34. The van der Waals surface area contributed by atoms with Gasteiger partial charge in [-0.15, -0.1) is 0 Å². The molecule has 0 unspecified atom stereocenters. The number of benzene rings is 2. The molecule has 0 saturated heterocycles. The van der Waals surface area contributed by atoms with Crippen LogP contribution in [0.5, 0.6) is 0 Å². The lowest BCUT2D eigenvalue weighted by molar-refractivity contribution is -0.144. The first kappa shape index (κ1) is 20.4. The number of aliphatic carboxylic acids is 1. The molecule has 0 aliphatic heterocycles. The van der Waals surface area contributed by atoms with Crippen LogP contribution in [0.25, 0.3) is 11.1 Å². The number of esters is 1. The van der Waals surface area contributed by atoms with Crippen molar-refractivity contribution in [2.24, 2.45) is 11.5 Å². The van der Waals surface area contributed by atoms with Gasteiger partial charge in [0, 0.05) is 0 Å². The Morgan fingerprint density at radius 2 is 1.37 bits per heavy atom. The van der Waals surface area contributed by atoms with E-state index in [1.807, 2.05) is 48.5 Å². The van der Waals surface area contributed by atoms with Gasteiger partial charge in [-0.25, -0.2) is 0 Å². The number of carboxylic acid groups (broad SMARTS) is 1. The van der Waals surface area contributed by atoms with Crippen LogP contribution in [0.1, 0.15) is 11.1 Å². The number of nitrogens with two attached hydrogens (primary N) is 2. The highest BCUT2D eigenvalue weighted by Gasteiger charge is 2.15. The zero-order valence-electron chi connectivity index (χ0n) is 15.0. The first-order valence-corrected chi connectivity index (χ1v) is 8.60. The monoisotopic (exact) mass is 368 g/mol. The van der Waals surface area contributed by atoms with Crippen molar-refractivity contribution in [2.45, 2.75) is 24.9 Å². The molecule has 142 valence electrons. The number of carbonyl (C=O) groups is 2. The second-order valence-electron chi connectivity index (χ2n) is 6.27. The van der Waals surface area contributed by atoms with Crippen LogP contribution in [-0.2, 0) is 27.2 Å². The average Bonchev–Trinajstić information content (AvgIpc) is 2.67. The molecule has 2 atom stereocenters. The normalized spacial score (nSPS) is 12.8. The fourth-order valence-corrected chi connectivity index (χ4v) is 2.59. The number of ether oxygens (including phenoxy) is 1. The molecule has 0 aromatic heterocycles. The van der Waals surface area contributed by atoms with Crippen molar-refractivity contribution in [1.82, 2.24) is 0 Å². The molecule has 0 amide bonds. The second-order valence-corrected chi connectivity index (χ2v) is 6.27. The summed E-state index contributed by atoms with van der Waals surface area (Å²) < 4.78 is 4.94. The Morgan fingerprint density at radius 1 is 0.926 bits per heavy atom. The minimum absolute atomic E-state index is 0.152. The van der Waals surface area contributed by atoms with Gasteiger partial charge in [-0.1, -0.05) is 61.2 Å². The molecule has 5 N–H and O–H groups in total. The Labute approximate surface area is 158 Å². The van der Waals surface area contributed by atoms with Crippen LogP contribution in [0.15, 0.2) is 61.2 Å². The Balaban J connectivity index is 1.99. The van der Waals surface area contributed by atoms with Crippen molar-refractivity contribution < 1.29 is 19.4 Å². The van der Waals surface area contributed by atoms with Crippen LogP contribution >= 0.6 is 0 Å². The molecule has 0 saturated carbocycles. The number of rotatable bonds is 9. The van der Waals surface area contributed by atoms with E-state index in [9.17, 15) is 9.59 Å². The summed E-state index contributed by atoms with van der Waals surface area (Å²) in [6.07, 6.45) is 2.18. The third kappa shape index (κ3) is 6.06. The number of hydrogen-bond acceptors (Lipinski definition) is 5. The van der Waals surface area contributed by atoms with Gasteiger partial charge in [0.05, 0.1) is 0 Å². The minimum Gasteiger partial charge on any atom is -0.480 e. The van der Waals surface area contributed by atoms with E-state index in [0.717, 1.165) is 22.3 Å². The molecule has 2 rings (SSSR count). The summed E-state index contributed by atoms with van der Waals surface area (Å²) in [6.45, 7) is 3.64. The fourth-order valence-electron chi connectivity index (χ4n) is 2.59. The summed E-state index contributed by atoms with van der Waals surface area (Å²) in [4.78, 5) is 22.5. The van der Waals surface area contributed by atoms with Crippen molar-refractivity contribution >= 4 is 11.9 Å². The highest BCUT2D eigenvalue weighted by molar-refractivity contribution is 5.76. The van der Waals surface area contributed by atoms with Gasteiger partial charge < -0.3 is 21.3 Å². The van der Waals surface area contributed by atoms with E-state index in [2.05, 4.69) is 6.58 Å². The maximum atomic E-state index is 11.7. The van der Waals surface area contributed by atoms with Gasteiger partial charge in [0.1, 0.15) is 18.7 Å². The summed E-state index contributed by atoms with van der Waals surface area (Å²) in [5.74, 6) is -1.46. The standard InChI is InChI=1S/C21H24N2O4/c1-2-11-27-21(26)19(23)13-15-5-9-17(10-6-15)16-7-3-14(4-8-16)12-18(22)20(24)25/h2-10,18-19H,1,11-13,22-23H2,(H,24,25)/t18-,19-/m0/s1. The van der Waals surface area contributed by atoms with Crippen molar-refractivity contribution in [3.05, 3.63) is 72.3 Å². The van der Waals surface area contributed by atoms with Crippen LogP contribution in [-0.4, -0.2) is 35.7 Å². The Kier molecular flexibility index (Phi) is 7.28. The van der Waals surface area contributed by atoms with E-state index < -0.39 is 24.0 Å². The van der Waals surface area contributed by atoms with E-state index in [1.165, 1.54) is 6.08 Å². The maximum absolute atomic E-state index is 11.7. The fraction of sp³-hybridized carbons (Fsp3) is 0.238. The van der Waals surface area contributed by atoms with Crippen LogP contribution in [0.4, 0.5) is 0 Å². The minimum atomic E-state index is -1.01. The number of hydrogen-bond donors (Lipinski definition) is 3. The van der Waals surface area contributed by atoms with Crippen LogP contribution in [0.2, 0.25) is 0 Å². The first-order chi connectivity index (χ1) is 12.9. The van der Waals surface area contributed by atoms with Gasteiger partial charge in [0.15, 0.2) is 0 Å². The van der Waals surface area contributed by atoms with E-state index in [1.54, 1.807) is 0 Å². The highest BCUT2D eigenvalue weighted by Crippen LogP contribution is 2.21. The van der Waals surface area contributed by atoms with Gasteiger partial charge in [-0.2, -0.15) is 0 Å². The highest BCUT2D eigenvalue weighted by atomic mass is 16.5. The molecule has 0 aliphatic rings. The molecule has 2 aromatic rings. The van der Waals surface area contributed by atoms with Crippen molar-refractivity contribution in [1.29, 1.82) is 0 Å².